The molecule has 1 heterocycles. The molecule has 0 bridgehead atoms. The van der Waals surface area contributed by atoms with Gasteiger partial charge in [0.25, 0.3) is 5.56 Å². The van der Waals surface area contributed by atoms with E-state index in [4.69, 9.17) is 0 Å². The van der Waals surface area contributed by atoms with Gasteiger partial charge in [-0.05, 0) is 17.7 Å². The molecule has 0 aliphatic rings. The molecule has 1 aromatic heterocycles. The molecule has 0 unspecified atom stereocenters. The van der Waals surface area contributed by atoms with Gasteiger partial charge in [-0.2, -0.15) is 4.98 Å². The second-order valence-electron chi connectivity index (χ2n) is 5.70. The van der Waals surface area contributed by atoms with Crippen molar-refractivity contribution in [1.82, 2.24) is 9.55 Å². The lowest BCUT2D eigenvalue weighted by atomic mass is 10.1. The van der Waals surface area contributed by atoms with Gasteiger partial charge in [0.1, 0.15) is 5.82 Å². The van der Waals surface area contributed by atoms with E-state index in [1.807, 2.05) is 72.8 Å². The molecule has 116 valence electrons. The van der Waals surface area contributed by atoms with Crippen molar-refractivity contribution in [2.24, 2.45) is 0 Å². The Balaban J connectivity index is 2.00. The van der Waals surface area contributed by atoms with E-state index in [2.05, 4.69) is 21.7 Å². The van der Waals surface area contributed by atoms with Crippen LogP contribution < -0.4 is 5.56 Å². The molecule has 4 rings (SSSR count). The Morgan fingerprint density at radius 3 is 2.12 bits per heavy atom. The summed E-state index contributed by atoms with van der Waals surface area (Å²) in [5.74, 6) is 0.697. The Kier molecular flexibility index (Phi) is 3.67. The first-order chi connectivity index (χ1) is 11.8. The van der Waals surface area contributed by atoms with Crippen LogP contribution in [0.1, 0.15) is 5.56 Å². The van der Waals surface area contributed by atoms with E-state index in [1.54, 1.807) is 0 Å². The molecular formula is C21H16N2O. The van der Waals surface area contributed by atoms with Gasteiger partial charge in [0.15, 0.2) is 0 Å². The minimum Gasteiger partial charge on any atom is -0.321 e. The molecule has 0 amide bonds. The van der Waals surface area contributed by atoms with Crippen molar-refractivity contribution >= 4 is 10.9 Å². The molecule has 0 fully saturated rings. The van der Waals surface area contributed by atoms with Crippen molar-refractivity contribution in [2.45, 2.75) is 6.54 Å². The number of benzene rings is 3. The van der Waals surface area contributed by atoms with Crippen molar-refractivity contribution in [2.75, 3.05) is 0 Å². The maximum absolute atomic E-state index is 12.5. The van der Waals surface area contributed by atoms with Crippen LogP contribution in [0.2, 0.25) is 0 Å². The number of para-hydroxylation sites is 1. The Morgan fingerprint density at radius 1 is 0.750 bits per heavy atom. The van der Waals surface area contributed by atoms with E-state index < -0.39 is 0 Å². The van der Waals surface area contributed by atoms with E-state index in [9.17, 15) is 4.79 Å². The second-order valence-corrected chi connectivity index (χ2v) is 5.70. The normalized spacial score (nSPS) is 10.8. The third-order valence-corrected chi connectivity index (χ3v) is 4.10. The van der Waals surface area contributed by atoms with Crippen LogP contribution >= 0.6 is 0 Å². The summed E-state index contributed by atoms with van der Waals surface area (Å²) >= 11 is 0. The molecule has 0 aliphatic heterocycles. The van der Waals surface area contributed by atoms with Gasteiger partial charge in [0.05, 0.1) is 10.9 Å². The number of fused-ring (bicyclic) bond motifs is 1. The van der Waals surface area contributed by atoms with E-state index in [1.165, 1.54) is 5.56 Å². The van der Waals surface area contributed by atoms with Crippen LogP contribution in [-0.2, 0) is 6.54 Å². The van der Waals surface area contributed by atoms with Crippen LogP contribution in [0.25, 0.3) is 22.3 Å². The average Bonchev–Trinajstić information content (AvgIpc) is 2.65. The Morgan fingerprint density at radius 2 is 1.38 bits per heavy atom. The number of aromatic nitrogens is 2. The summed E-state index contributed by atoms with van der Waals surface area (Å²) in [6.07, 6.45) is 0. The van der Waals surface area contributed by atoms with E-state index in [0.29, 0.717) is 17.8 Å². The summed E-state index contributed by atoms with van der Waals surface area (Å²) in [6.45, 7) is 0.666. The molecule has 3 heteroatoms. The monoisotopic (exact) mass is 312 g/mol. The van der Waals surface area contributed by atoms with Gasteiger partial charge in [-0.15, -0.1) is 0 Å². The lowest BCUT2D eigenvalue weighted by Gasteiger charge is -2.16. The lowest BCUT2D eigenvalue weighted by Crippen LogP contribution is -2.17. The maximum Gasteiger partial charge on any atom is 0.281 e. The van der Waals surface area contributed by atoms with E-state index in [0.717, 1.165) is 11.1 Å². The molecule has 0 saturated heterocycles. The molecule has 0 atom stereocenters. The Bertz CT molecular complexity index is 1040. The number of hydrogen-bond donors (Lipinski definition) is 0. The highest BCUT2D eigenvalue weighted by Crippen LogP contribution is 2.21. The van der Waals surface area contributed by atoms with E-state index in [-0.39, 0.29) is 5.56 Å². The summed E-state index contributed by atoms with van der Waals surface area (Å²) in [5, 5.41) is 0.646. The summed E-state index contributed by atoms with van der Waals surface area (Å²) < 4.78 is 2.11. The standard InChI is InChI=1S/C21H16N2O/c24-21-18-13-7-8-14-19(18)23(15-16-9-3-1-4-10-16)20(22-21)17-11-5-2-6-12-17/h1-14H,15H2. The third kappa shape index (κ3) is 2.61. The second kappa shape index (κ2) is 6.13. The molecule has 0 radical (unpaired) electrons. The summed E-state index contributed by atoms with van der Waals surface area (Å²) in [7, 11) is 0. The van der Waals surface area contributed by atoms with Gasteiger partial charge < -0.3 is 4.57 Å². The largest absolute Gasteiger partial charge is 0.321 e. The minimum atomic E-state index is -0.186. The molecule has 0 spiro atoms. The van der Waals surface area contributed by atoms with Crippen molar-refractivity contribution in [3.63, 3.8) is 0 Å². The predicted octanol–water partition coefficient (Wildman–Crippen LogP) is 4.11. The van der Waals surface area contributed by atoms with Crippen LogP contribution in [0.4, 0.5) is 0 Å². The van der Waals surface area contributed by atoms with Crippen LogP contribution in [0.3, 0.4) is 0 Å². The lowest BCUT2D eigenvalue weighted by molar-refractivity contribution is 0.809. The fraction of sp³-hybridized carbons (Fsp3) is 0.0476. The minimum absolute atomic E-state index is 0.186. The van der Waals surface area contributed by atoms with Crippen LogP contribution in [0.15, 0.2) is 89.7 Å². The topological polar surface area (TPSA) is 34.9 Å². The van der Waals surface area contributed by atoms with Gasteiger partial charge >= 0.3 is 0 Å². The van der Waals surface area contributed by atoms with Crippen molar-refractivity contribution in [3.05, 3.63) is 101 Å². The number of rotatable bonds is 3. The fourth-order valence-electron chi connectivity index (χ4n) is 2.95. The first-order valence-corrected chi connectivity index (χ1v) is 7.92. The molecule has 0 saturated carbocycles. The number of nitrogens with zero attached hydrogens (tertiary/aromatic N) is 2. The first-order valence-electron chi connectivity index (χ1n) is 7.92. The highest BCUT2D eigenvalue weighted by molar-refractivity contribution is 5.80. The third-order valence-electron chi connectivity index (χ3n) is 4.10. The van der Waals surface area contributed by atoms with Crippen molar-refractivity contribution in [1.29, 1.82) is 0 Å². The average molecular weight is 312 g/mol. The molecule has 3 nitrogen and oxygen atoms in total. The Labute approximate surface area is 139 Å². The molecule has 3 aromatic carbocycles. The van der Waals surface area contributed by atoms with Gasteiger partial charge in [0, 0.05) is 12.1 Å². The Hall–Kier alpha value is -3.20. The molecule has 0 aliphatic carbocycles. The van der Waals surface area contributed by atoms with Gasteiger partial charge in [-0.3, -0.25) is 4.79 Å². The summed E-state index contributed by atoms with van der Waals surface area (Å²) in [4.78, 5) is 16.8. The van der Waals surface area contributed by atoms with Crippen molar-refractivity contribution < 1.29 is 0 Å². The van der Waals surface area contributed by atoms with Gasteiger partial charge in [-0.25, -0.2) is 0 Å². The SMILES string of the molecule is O=c1nc(-c2ccccc2)n(Cc2ccccc2)c2ccccc12. The van der Waals surface area contributed by atoms with Gasteiger partial charge in [-0.1, -0.05) is 72.8 Å². The zero-order valence-electron chi connectivity index (χ0n) is 13.1. The van der Waals surface area contributed by atoms with Gasteiger partial charge in [0.2, 0.25) is 0 Å². The summed E-state index contributed by atoms with van der Waals surface area (Å²) in [6, 6.07) is 27.7. The smallest absolute Gasteiger partial charge is 0.281 e. The van der Waals surface area contributed by atoms with Crippen LogP contribution in [0, 0.1) is 0 Å². The molecule has 0 N–H and O–H groups in total. The molecule has 24 heavy (non-hydrogen) atoms. The van der Waals surface area contributed by atoms with Crippen LogP contribution in [0.5, 0.6) is 0 Å². The van der Waals surface area contributed by atoms with Crippen molar-refractivity contribution in [3.8, 4) is 11.4 Å². The van der Waals surface area contributed by atoms with E-state index >= 15 is 0 Å². The fourth-order valence-corrected chi connectivity index (χ4v) is 2.95. The highest BCUT2D eigenvalue weighted by Gasteiger charge is 2.12. The number of hydrogen-bond acceptors (Lipinski definition) is 2. The zero-order valence-corrected chi connectivity index (χ0v) is 13.1. The summed E-state index contributed by atoms with van der Waals surface area (Å²) in [5.41, 5.74) is 2.83. The zero-order chi connectivity index (χ0) is 16.4. The molecular weight excluding hydrogens is 296 g/mol. The van der Waals surface area contributed by atoms with Crippen LogP contribution in [-0.4, -0.2) is 9.55 Å². The quantitative estimate of drug-likeness (QED) is 0.570. The highest BCUT2D eigenvalue weighted by atomic mass is 16.1. The first kappa shape index (κ1) is 14.4. The molecule has 4 aromatic rings. The predicted molar refractivity (Wildman–Crippen MR) is 97.0 cm³/mol. The maximum atomic E-state index is 12.5.